The molecule has 120 valence electrons. The highest BCUT2D eigenvalue weighted by Gasteiger charge is 2.10. The first-order valence-corrected chi connectivity index (χ1v) is 7.76. The largest absolute Gasteiger partial charge is 0.375 e. The molecule has 0 spiro atoms. The van der Waals surface area contributed by atoms with Crippen LogP contribution in [0.2, 0.25) is 5.02 Å². The van der Waals surface area contributed by atoms with Crippen LogP contribution in [-0.4, -0.2) is 32.7 Å². The van der Waals surface area contributed by atoms with Crippen LogP contribution in [0.4, 0.5) is 5.82 Å². The Morgan fingerprint density at radius 1 is 1.22 bits per heavy atom. The van der Waals surface area contributed by atoms with E-state index in [4.69, 9.17) is 16.3 Å². The SMILES string of the molecule is Cc1nc2ncnn2c(NCCOCc2ccc(Cl)cc2)c1C. The first kappa shape index (κ1) is 15.7. The third-order valence-corrected chi connectivity index (χ3v) is 3.88. The zero-order valence-electron chi connectivity index (χ0n) is 13.1. The highest BCUT2D eigenvalue weighted by atomic mass is 35.5. The number of benzene rings is 1. The third kappa shape index (κ3) is 3.60. The molecule has 0 radical (unpaired) electrons. The van der Waals surface area contributed by atoms with E-state index in [9.17, 15) is 0 Å². The maximum absolute atomic E-state index is 5.86. The van der Waals surface area contributed by atoms with Crippen LogP contribution >= 0.6 is 11.6 Å². The lowest BCUT2D eigenvalue weighted by Crippen LogP contribution is -2.14. The summed E-state index contributed by atoms with van der Waals surface area (Å²) < 4.78 is 7.39. The number of halogens is 1. The van der Waals surface area contributed by atoms with E-state index in [2.05, 4.69) is 20.4 Å². The molecule has 3 rings (SSSR count). The number of nitrogens with zero attached hydrogens (tertiary/aromatic N) is 4. The van der Waals surface area contributed by atoms with E-state index in [-0.39, 0.29) is 0 Å². The molecule has 0 aliphatic heterocycles. The van der Waals surface area contributed by atoms with Gasteiger partial charge < -0.3 is 10.1 Å². The molecule has 1 N–H and O–H groups in total. The van der Waals surface area contributed by atoms with Gasteiger partial charge in [0.1, 0.15) is 12.1 Å². The van der Waals surface area contributed by atoms with Gasteiger partial charge in [0.2, 0.25) is 0 Å². The van der Waals surface area contributed by atoms with Crippen molar-refractivity contribution in [2.24, 2.45) is 0 Å². The highest BCUT2D eigenvalue weighted by molar-refractivity contribution is 6.30. The first-order chi connectivity index (χ1) is 11.1. The highest BCUT2D eigenvalue weighted by Crippen LogP contribution is 2.17. The van der Waals surface area contributed by atoms with Gasteiger partial charge >= 0.3 is 0 Å². The number of anilines is 1. The molecule has 0 bridgehead atoms. The molecule has 0 saturated heterocycles. The van der Waals surface area contributed by atoms with Crippen molar-refractivity contribution in [1.29, 1.82) is 0 Å². The van der Waals surface area contributed by atoms with E-state index in [0.717, 1.165) is 27.7 Å². The molecule has 7 heteroatoms. The number of nitrogens with one attached hydrogen (secondary N) is 1. The van der Waals surface area contributed by atoms with Crippen LogP contribution in [-0.2, 0) is 11.3 Å². The Bertz CT molecular complexity index is 800. The van der Waals surface area contributed by atoms with Gasteiger partial charge in [0.25, 0.3) is 5.78 Å². The van der Waals surface area contributed by atoms with E-state index >= 15 is 0 Å². The molecular formula is C16H18ClN5O. The average molecular weight is 332 g/mol. The predicted molar refractivity (Wildman–Crippen MR) is 89.9 cm³/mol. The molecule has 0 atom stereocenters. The monoisotopic (exact) mass is 331 g/mol. The van der Waals surface area contributed by atoms with Crippen LogP contribution in [0.25, 0.3) is 5.78 Å². The zero-order valence-corrected chi connectivity index (χ0v) is 13.8. The van der Waals surface area contributed by atoms with E-state index in [1.54, 1.807) is 4.52 Å². The van der Waals surface area contributed by atoms with Crippen molar-refractivity contribution in [3.8, 4) is 0 Å². The molecule has 0 unspecified atom stereocenters. The Kier molecular flexibility index (Phi) is 4.73. The molecule has 0 fully saturated rings. The van der Waals surface area contributed by atoms with Gasteiger partial charge in [0.15, 0.2) is 0 Å². The predicted octanol–water partition coefficient (Wildman–Crippen LogP) is 3.02. The summed E-state index contributed by atoms with van der Waals surface area (Å²) in [6.45, 7) is 5.80. The topological polar surface area (TPSA) is 64.3 Å². The molecule has 0 saturated carbocycles. The minimum Gasteiger partial charge on any atom is -0.375 e. The van der Waals surface area contributed by atoms with Crippen LogP contribution in [0.15, 0.2) is 30.6 Å². The molecule has 2 aromatic heterocycles. The van der Waals surface area contributed by atoms with Crippen LogP contribution in [0.1, 0.15) is 16.8 Å². The maximum Gasteiger partial charge on any atom is 0.254 e. The summed E-state index contributed by atoms with van der Waals surface area (Å²) in [5.41, 5.74) is 3.10. The van der Waals surface area contributed by atoms with Crippen molar-refractivity contribution in [2.45, 2.75) is 20.5 Å². The number of hydrogen-bond donors (Lipinski definition) is 1. The van der Waals surface area contributed by atoms with Crippen molar-refractivity contribution in [1.82, 2.24) is 19.6 Å². The zero-order chi connectivity index (χ0) is 16.2. The fourth-order valence-electron chi connectivity index (χ4n) is 2.25. The Hall–Kier alpha value is -2.18. The molecule has 1 aromatic carbocycles. The molecule has 2 heterocycles. The van der Waals surface area contributed by atoms with E-state index in [0.29, 0.717) is 25.5 Å². The van der Waals surface area contributed by atoms with E-state index < -0.39 is 0 Å². The number of ether oxygens (including phenoxy) is 1. The van der Waals surface area contributed by atoms with Gasteiger partial charge in [-0.1, -0.05) is 23.7 Å². The van der Waals surface area contributed by atoms with Gasteiger partial charge in [-0.05, 0) is 31.5 Å². The van der Waals surface area contributed by atoms with E-state index in [1.807, 2.05) is 38.1 Å². The number of hydrogen-bond acceptors (Lipinski definition) is 5. The van der Waals surface area contributed by atoms with Gasteiger partial charge in [-0.2, -0.15) is 14.6 Å². The van der Waals surface area contributed by atoms with Gasteiger partial charge in [-0.15, -0.1) is 0 Å². The molecule has 0 aliphatic carbocycles. The lowest BCUT2D eigenvalue weighted by atomic mass is 10.2. The third-order valence-electron chi connectivity index (χ3n) is 3.63. The van der Waals surface area contributed by atoms with Crippen molar-refractivity contribution in [3.63, 3.8) is 0 Å². The first-order valence-electron chi connectivity index (χ1n) is 7.38. The summed E-state index contributed by atoms with van der Waals surface area (Å²) in [4.78, 5) is 8.53. The average Bonchev–Trinajstić information content (AvgIpc) is 3.00. The van der Waals surface area contributed by atoms with Crippen LogP contribution < -0.4 is 5.32 Å². The Morgan fingerprint density at radius 3 is 2.78 bits per heavy atom. The Balaban J connectivity index is 1.56. The lowest BCUT2D eigenvalue weighted by Gasteiger charge is -2.12. The minimum absolute atomic E-state index is 0.561. The molecule has 23 heavy (non-hydrogen) atoms. The molecule has 0 aliphatic rings. The van der Waals surface area contributed by atoms with Gasteiger partial charge in [-0.3, -0.25) is 0 Å². The van der Waals surface area contributed by atoms with Crippen molar-refractivity contribution in [3.05, 3.63) is 52.4 Å². The molecule has 6 nitrogen and oxygen atoms in total. The number of aryl methyl sites for hydroxylation is 1. The fraction of sp³-hybridized carbons (Fsp3) is 0.312. The molecule has 0 amide bonds. The standard InChI is InChI=1S/C16H18ClN5O/c1-11-12(2)21-16-19-10-20-22(16)15(11)18-7-8-23-9-13-3-5-14(17)6-4-13/h3-6,10,18H,7-9H2,1-2H3. The number of aromatic nitrogens is 4. The second-order valence-electron chi connectivity index (χ2n) is 5.25. The van der Waals surface area contributed by atoms with Crippen LogP contribution in [0, 0.1) is 13.8 Å². The van der Waals surface area contributed by atoms with Crippen LogP contribution in [0.5, 0.6) is 0 Å². The molecule has 3 aromatic rings. The molecular weight excluding hydrogens is 314 g/mol. The van der Waals surface area contributed by atoms with Gasteiger partial charge in [-0.25, -0.2) is 4.98 Å². The van der Waals surface area contributed by atoms with Crippen molar-refractivity contribution < 1.29 is 4.74 Å². The van der Waals surface area contributed by atoms with Crippen molar-refractivity contribution >= 4 is 23.2 Å². The quantitative estimate of drug-likeness (QED) is 0.703. The summed E-state index contributed by atoms with van der Waals surface area (Å²) in [6.07, 6.45) is 1.50. The number of fused-ring (bicyclic) bond motifs is 1. The van der Waals surface area contributed by atoms with Gasteiger partial charge in [0, 0.05) is 22.8 Å². The van der Waals surface area contributed by atoms with E-state index in [1.165, 1.54) is 6.33 Å². The summed E-state index contributed by atoms with van der Waals surface area (Å²) in [7, 11) is 0. The number of rotatable bonds is 6. The summed E-state index contributed by atoms with van der Waals surface area (Å²) in [6, 6.07) is 7.66. The fourth-order valence-corrected chi connectivity index (χ4v) is 2.38. The summed E-state index contributed by atoms with van der Waals surface area (Å²) >= 11 is 5.86. The maximum atomic E-state index is 5.86. The van der Waals surface area contributed by atoms with Crippen LogP contribution in [0.3, 0.4) is 0 Å². The summed E-state index contributed by atoms with van der Waals surface area (Å²) in [5.74, 6) is 1.50. The van der Waals surface area contributed by atoms with Crippen molar-refractivity contribution in [2.75, 3.05) is 18.5 Å². The smallest absolute Gasteiger partial charge is 0.254 e. The lowest BCUT2D eigenvalue weighted by molar-refractivity contribution is 0.130. The van der Waals surface area contributed by atoms with Gasteiger partial charge in [0.05, 0.1) is 13.2 Å². The minimum atomic E-state index is 0.561. The normalized spacial score (nSPS) is 11.1. The summed E-state index contributed by atoms with van der Waals surface area (Å²) in [5, 5.41) is 8.29. The second kappa shape index (κ2) is 6.93. The second-order valence-corrected chi connectivity index (χ2v) is 5.68. The Morgan fingerprint density at radius 2 is 2.00 bits per heavy atom. The Labute approximate surface area is 139 Å².